The molecule has 3 heteroatoms. The highest BCUT2D eigenvalue weighted by Crippen LogP contribution is 2.60. The maximum atomic E-state index is 4.60. The van der Waals surface area contributed by atoms with Crippen LogP contribution in [0.2, 0.25) is 0 Å². The summed E-state index contributed by atoms with van der Waals surface area (Å²) in [5.74, 6) is 4.05. The Morgan fingerprint density at radius 1 is 0.905 bits per heavy atom. The van der Waals surface area contributed by atoms with Crippen LogP contribution in [0.25, 0.3) is 5.69 Å². The van der Waals surface area contributed by atoms with Gasteiger partial charge in [-0.05, 0) is 68.4 Å². The van der Waals surface area contributed by atoms with E-state index in [4.69, 9.17) is 0 Å². The Hall–Kier alpha value is -1.64. The molecule has 0 amide bonds. The highest BCUT2D eigenvalue weighted by Gasteiger charge is 2.53. The third kappa shape index (κ3) is 1.73. The first-order valence-corrected chi connectivity index (χ1v) is 8.28. The van der Waals surface area contributed by atoms with Crippen LogP contribution in [-0.2, 0) is 5.41 Å². The molecule has 0 saturated heterocycles. The highest BCUT2D eigenvalue weighted by molar-refractivity contribution is 5.34. The number of hydrogen-bond donors (Lipinski definition) is 0. The summed E-state index contributed by atoms with van der Waals surface area (Å²) in [4.78, 5) is 0. The minimum absolute atomic E-state index is 0.307. The van der Waals surface area contributed by atoms with Crippen molar-refractivity contribution in [1.82, 2.24) is 14.8 Å². The van der Waals surface area contributed by atoms with Crippen molar-refractivity contribution < 1.29 is 0 Å². The molecule has 3 nitrogen and oxygen atoms in total. The maximum Gasteiger partial charge on any atom is 0.143 e. The van der Waals surface area contributed by atoms with Crippen molar-refractivity contribution >= 4 is 0 Å². The lowest BCUT2D eigenvalue weighted by Gasteiger charge is -2.56. The van der Waals surface area contributed by atoms with E-state index in [0.717, 1.165) is 17.8 Å². The Labute approximate surface area is 125 Å². The molecule has 4 aliphatic rings. The Morgan fingerprint density at radius 2 is 1.52 bits per heavy atom. The quantitative estimate of drug-likeness (QED) is 0.838. The molecule has 4 bridgehead atoms. The average Bonchev–Trinajstić information content (AvgIpc) is 2.97. The van der Waals surface area contributed by atoms with Gasteiger partial charge in [0, 0.05) is 11.1 Å². The zero-order valence-electron chi connectivity index (χ0n) is 12.3. The molecule has 0 unspecified atom stereocenters. The standard InChI is InChI=1S/C18H21N3/c1-2-4-16(5-3-1)21-12-19-20-17(21)18-9-13-6-14(10-18)8-15(7-13)11-18/h1-5,12-15H,6-11H2. The van der Waals surface area contributed by atoms with Gasteiger partial charge in [0.25, 0.3) is 0 Å². The Balaban J connectivity index is 1.61. The molecule has 0 spiro atoms. The van der Waals surface area contributed by atoms with Crippen molar-refractivity contribution in [2.45, 2.75) is 43.9 Å². The number of nitrogens with zero attached hydrogens (tertiary/aromatic N) is 3. The predicted molar refractivity (Wildman–Crippen MR) is 81.2 cm³/mol. The summed E-state index contributed by atoms with van der Waals surface area (Å²) in [6.07, 6.45) is 10.3. The first kappa shape index (κ1) is 12.0. The normalized spacial score (nSPS) is 37.0. The van der Waals surface area contributed by atoms with E-state index in [2.05, 4.69) is 45.1 Å². The van der Waals surface area contributed by atoms with Gasteiger partial charge in [-0.25, -0.2) is 0 Å². The van der Waals surface area contributed by atoms with Crippen LogP contribution in [0.1, 0.15) is 44.3 Å². The SMILES string of the molecule is c1ccc(-n2cnnc2C23CC4CC(CC(C4)C2)C3)cc1. The van der Waals surface area contributed by atoms with E-state index in [-0.39, 0.29) is 0 Å². The van der Waals surface area contributed by atoms with Crippen molar-refractivity contribution in [1.29, 1.82) is 0 Å². The summed E-state index contributed by atoms with van der Waals surface area (Å²) in [5.41, 5.74) is 1.51. The number of rotatable bonds is 2. The number of hydrogen-bond acceptors (Lipinski definition) is 2. The minimum Gasteiger partial charge on any atom is -0.285 e. The van der Waals surface area contributed by atoms with E-state index in [1.807, 2.05) is 6.33 Å². The molecule has 1 heterocycles. The van der Waals surface area contributed by atoms with E-state index in [0.29, 0.717) is 5.41 Å². The zero-order valence-corrected chi connectivity index (χ0v) is 12.3. The van der Waals surface area contributed by atoms with Gasteiger partial charge >= 0.3 is 0 Å². The van der Waals surface area contributed by atoms with Crippen LogP contribution >= 0.6 is 0 Å². The van der Waals surface area contributed by atoms with E-state index in [1.165, 1.54) is 50.0 Å². The lowest BCUT2D eigenvalue weighted by atomic mass is 9.49. The lowest BCUT2D eigenvalue weighted by molar-refractivity contribution is -0.0102. The van der Waals surface area contributed by atoms with E-state index in [9.17, 15) is 0 Å². The predicted octanol–water partition coefficient (Wildman–Crippen LogP) is 3.74. The lowest BCUT2D eigenvalue weighted by Crippen LogP contribution is -2.49. The van der Waals surface area contributed by atoms with E-state index < -0.39 is 0 Å². The molecule has 0 radical (unpaired) electrons. The molecule has 21 heavy (non-hydrogen) atoms. The fourth-order valence-corrected chi connectivity index (χ4v) is 5.76. The molecular weight excluding hydrogens is 258 g/mol. The molecule has 4 saturated carbocycles. The van der Waals surface area contributed by atoms with Crippen molar-refractivity contribution in [3.8, 4) is 5.69 Å². The molecule has 4 aliphatic carbocycles. The van der Waals surface area contributed by atoms with Gasteiger partial charge < -0.3 is 0 Å². The van der Waals surface area contributed by atoms with Crippen LogP contribution in [0, 0.1) is 17.8 Å². The highest BCUT2D eigenvalue weighted by atomic mass is 15.3. The first-order valence-electron chi connectivity index (χ1n) is 8.28. The second-order valence-electron chi connectivity index (χ2n) is 7.56. The molecule has 1 aromatic carbocycles. The molecule has 4 fully saturated rings. The molecule has 0 atom stereocenters. The second-order valence-corrected chi connectivity index (χ2v) is 7.56. The summed E-state index contributed by atoms with van der Waals surface area (Å²) in [6, 6.07) is 10.6. The summed E-state index contributed by atoms with van der Waals surface area (Å²) in [5, 5.41) is 8.86. The monoisotopic (exact) mass is 279 g/mol. The molecule has 0 aliphatic heterocycles. The first-order chi connectivity index (χ1) is 10.3. The summed E-state index contributed by atoms with van der Waals surface area (Å²) in [6.45, 7) is 0. The molecular formula is C18H21N3. The van der Waals surface area contributed by atoms with Crippen LogP contribution in [0.4, 0.5) is 0 Å². The summed E-state index contributed by atoms with van der Waals surface area (Å²) in [7, 11) is 0. The number of aromatic nitrogens is 3. The van der Waals surface area contributed by atoms with Crippen LogP contribution < -0.4 is 0 Å². The Bertz CT molecular complexity index is 623. The van der Waals surface area contributed by atoms with Gasteiger partial charge in [-0.1, -0.05) is 18.2 Å². The van der Waals surface area contributed by atoms with Gasteiger partial charge in [0.1, 0.15) is 12.2 Å². The fourth-order valence-electron chi connectivity index (χ4n) is 5.76. The molecule has 108 valence electrons. The smallest absolute Gasteiger partial charge is 0.143 e. The van der Waals surface area contributed by atoms with E-state index in [1.54, 1.807) is 0 Å². The second kappa shape index (κ2) is 4.19. The van der Waals surface area contributed by atoms with Crippen LogP contribution in [0.15, 0.2) is 36.7 Å². The third-order valence-electron chi connectivity index (χ3n) is 6.09. The summed E-state index contributed by atoms with van der Waals surface area (Å²) < 4.78 is 2.24. The zero-order chi connectivity index (χ0) is 13.9. The molecule has 2 aromatic rings. The molecule has 1 aromatic heterocycles. The molecule has 6 rings (SSSR count). The van der Waals surface area contributed by atoms with Gasteiger partial charge in [0.15, 0.2) is 0 Å². The molecule has 0 N–H and O–H groups in total. The van der Waals surface area contributed by atoms with Crippen molar-refractivity contribution in [3.63, 3.8) is 0 Å². The van der Waals surface area contributed by atoms with Crippen LogP contribution in [0.3, 0.4) is 0 Å². The minimum atomic E-state index is 0.307. The summed E-state index contributed by atoms with van der Waals surface area (Å²) >= 11 is 0. The topological polar surface area (TPSA) is 30.7 Å². The van der Waals surface area contributed by atoms with Gasteiger partial charge in [-0.15, -0.1) is 10.2 Å². The van der Waals surface area contributed by atoms with Crippen molar-refractivity contribution in [3.05, 3.63) is 42.5 Å². The van der Waals surface area contributed by atoms with Gasteiger partial charge in [-0.3, -0.25) is 4.57 Å². The van der Waals surface area contributed by atoms with Crippen molar-refractivity contribution in [2.75, 3.05) is 0 Å². The third-order valence-corrected chi connectivity index (χ3v) is 6.09. The fraction of sp³-hybridized carbons (Fsp3) is 0.556. The van der Waals surface area contributed by atoms with Crippen molar-refractivity contribution in [2.24, 2.45) is 17.8 Å². The van der Waals surface area contributed by atoms with E-state index >= 15 is 0 Å². The average molecular weight is 279 g/mol. The number of benzene rings is 1. The van der Waals surface area contributed by atoms with Crippen LogP contribution in [-0.4, -0.2) is 14.8 Å². The van der Waals surface area contributed by atoms with Gasteiger partial charge in [0.2, 0.25) is 0 Å². The number of para-hydroxylation sites is 1. The van der Waals surface area contributed by atoms with Gasteiger partial charge in [-0.2, -0.15) is 0 Å². The Morgan fingerprint density at radius 3 is 2.14 bits per heavy atom. The van der Waals surface area contributed by atoms with Gasteiger partial charge in [0.05, 0.1) is 0 Å². The maximum absolute atomic E-state index is 4.60. The Kier molecular flexibility index (Phi) is 2.38. The van der Waals surface area contributed by atoms with Crippen LogP contribution in [0.5, 0.6) is 0 Å². The largest absolute Gasteiger partial charge is 0.285 e.